The lowest BCUT2D eigenvalue weighted by Gasteiger charge is -2.14. The predicted octanol–water partition coefficient (Wildman–Crippen LogP) is 2.78. The Bertz CT molecular complexity index is 537. The lowest BCUT2D eigenvalue weighted by Crippen LogP contribution is -2.09. The zero-order valence-corrected chi connectivity index (χ0v) is 12.0. The Morgan fingerprint density at radius 3 is 2.89 bits per heavy atom. The van der Waals surface area contributed by atoms with Crippen LogP contribution in [0.25, 0.3) is 0 Å². The van der Waals surface area contributed by atoms with Crippen LogP contribution in [0, 0.1) is 0 Å². The summed E-state index contributed by atoms with van der Waals surface area (Å²) in [6, 6.07) is 5.81. The molecule has 0 saturated carbocycles. The maximum absolute atomic E-state index is 5.93. The molecule has 1 aromatic heterocycles. The Hall–Kier alpha value is -1.33. The van der Waals surface area contributed by atoms with Gasteiger partial charge in [0.25, 0.3) is 0 Å². The summed E-state index contributed by atoms with van der Waals surface area (Å²) in [5.41, 5.74) is 6.92. The van der Waals surface area contributed by atoms with E-state index in [4.69, 9.17) is 10.5 Å². The van der Waals surface area contributed by atoms with Crippen LogP contribution in [0.15, 0.2) is 35.1 Å². The Morgan fingerprint density at radius 2 is 2.28 bits per heavy atom. The molecule has 1 aromatic carbocycles. The molecular formula is C13H16BrN3O. The third kappa shape index (κ3) is 2.91. The molecule has 96 valence electrons. The van der Waals surface area contributed by atoms with Gasteiger partial charge in [-0.1, -0.05) is 22.0 Å². The number of aromatic nitrogens is 2. The van der Waals surface area contributed by atoms with Crippen molar-refractivity contribution in [1.29, 1.82) is 0 Å². The number of aryl methyl sites for hydroxylation is 1. The summed E-state index contributed by atoms with van der Waals surface area (Å²) >= 11 is 3.44. The molecule has 0 unspecified atom stereocenters. The molecule has 1 heterocycles. The highest BCUT2D eigenvalue weighted by Crippen LogP contribution is 2.28. The van der Waals surface area contributed by atoms with Crippen LogP contribution in [-0.2, 0) is 13.7 Å². The second-order valence-electron chi connectivity index (χ2n) is 4.21. The number of hydrogen-bond acceptors (Lipinski definition) is 3. The monoisotopic (exact) mass is 309 g/mol. The molecular weight excluding hydrogens is 294 g/mol. The highest BCUT2D eigenvalue weighted by molar-refractivity contribution is 9.10. The molecule has 2 aromatic rings. The zero-order chi connectivity index (χ0) is 13.1. The normalized spacial score (nSPS) is 12.4. The van der Waals surface area contributed by atoms with Crippen molar-refractivity contribution in [2.75, 3.05) is 0 Å². The molecule has 0 fully saturated rings. The Morgan fingerprint density at radius 1 is 1.50 bits per heavy atom. The lowest BCUT2D eigenvalue weighted by atomic mass is 10.1. The molecule has 1 atom stereocenters. The molecule has 0 aliphatic heterocycles. The summed E-state index contributed by atoms with van der Waals surface area (Å²) in [6.07, 6.45) is 3.65. The molecule has 2 rings (SSSR count). The van der Waals surface area contributed by atoms with Crippen LogP contribution < -0.4 is 10.5 Å². The summed E-state index contributed by atoms with van der Waals surface area (Å²) in [5.74, 6) is 1.67. The van der Waals surface area contributed by atoms with Crippen molar-refractivity contribution in [1.82, 2.24) is 9.55 Å². The van der Waals surface area contributed by atoms with E-state index in [1.807, 2.05) is 42.9 Å². The fourth-order valence-corrected chi connectivity index (χ4v) is 2.03. The van der Waals surface area contributed by atoms with Gasteiger partial charge < -0.3 is 15.0 Å². The van der Waals surface area contributed by atoms with E-state index in [9.17, 15) is 0 Å². The van der Waals surface area contributed by atoms with Crippen molar-refractivity contribution < 1.29 is 4.74 Å². The second kappa shape index (κ2) is 5.54. The van der Waals surface area contributed by atoms with Gasteiger partial charge in [-0.15, -0.1) is 0 Å². The third-order valence-corrected chi connectivity index (χ3v) is 3.24. The summed E-state index contributed by atoms with van der Waals surface area (Å²) in [4.78, 5) is 4.22. The second-order valence-corrected chi connectivity index (χ2v) is 5.13. The molecule has 4 nitrogen and oxygen atoms in total. The average molecular weight is 310 g/mol. The van der Waals surface area contributed by atoms with Gasteiger partial charge in [-0.2, -0.15) is 0 Å². The number of nitrogens with two attached hydrogens (primary N) is 1. The molecule has 0 bridgehead atoms. The smallest absolute Gasteiger partial charge is 0.146 e. The topological polar surface area (TPSA) is 53.1 Å². The van der Waals surface area contributed by atoms with Crippen LogP contribution in [0.3, 0.4) is 0 Å². The maximum Gasteiger partial charge on any atom is 0.146 e. The molecule has 5 heteroatoms. The lowest BCUT2D eigenvalue weighted by molar-refractivity contribution is 0.287. The van der Waals surface area contributed by atoms with E-state index in [1.165, 1.54) is 0 Å². The van der Waals surface area contributed by atoms with Gasteiger partial charge in [0.2, 0.25) is 0 Å². The average Bonchev–Trinajstić information content (AvgIpc) is 2.72. The molecule has 2 N–H and O–H groups in total. The van der Waals surface area contributed by atoms with Crippen LogP contribution in [0.2, 0.25) is 0 Å². The molecule has 0 aliphatic carbocycles. The first-order valence-corrected chi connectivity index (χ1v) is 6.51. The fraction of sp³-hybridized carbons (Fsp3) is 0.308. The number of rotatable bonds is 4. The maximum atomic E-state index is 5.93. The van der Waals surface area contributed by atoms with E-state index in [0.29, 0.717) is 6.61 Å². The zero-order valence-electron chi connectivity index (χ0n) is 10.4. The first-order valence-electron chi connectivity index (χ1n) is 5.72. The highest BCUT2D eigenvalue weighted by Gasteiger charge is 2.10. The van der Waals surface area contributed by atoms with E-state index in [2.05, 4.69) is 20.9 Å². The summed E-state index contributed by atoms with van der Waals surface area (Å²) in [7, 11) is 1.94. The first kappa shape index (κ1) is 13.1. The van der Waals surface area contributed by atoms with Gasteiger partial charge in [0.05, 0.1) is 0 Å². The SMILES string of the molecule is C[C@H](N)c1ccc(Br)cc1OCc1nccn1C. The van der Waals surface area contributed by atoms with E-state index in [-0.39, 0.29) is 6.04 Å². The summed E-state index contributed by atoms with van der Waals surface area (Å²) in [5, 5.41) is 0. The van der Waals surface area contributed by atoms with Crippen LogP contribution in [0.5, 0.6) is 5.75 Å². The first-order chi connectivity index (χ1) is 8.58. The van der Waals surface area contributed by atoms with Gasteiger partial charge in [0.1, 0.15) is 18.2 Å². The highest BCUT2D eigenvalue weighted by atomic mass is 79.9. The number of nitrogens with zero attached hydrogens (tertiary/aromatic N) is 2. The van der Waals surface area contributed by atoms with Gasteiger partial charge in [-0.25, -0.2) is 4.98 Å². The molecule has 18 heavy (non-hydrogen) atoms. The van der Waals surface area contributed by atoms with Crippen molar-refractivity contribution in [2.45, 2.75) is 19.6 Å². The largest absolute Gasteiger partial charge is 0.485 e. The van der Waals surface area contributed by atoms with Gasteiger partial charge >= 0.3 is 0 Å². The van der Waals surface area contributed by atoms with E-state index >= 15 is 0 Å². The minimum Gasteiger partial charge on any atom is -0.485 e. The van der Waals surface area contributed by atoms with Gasteiger partial charge in [-0.05, 0) is 19.1 Å². The molecule has 0 saturated heterocycles. The minimum atomic E-state index is -0.0607. The van der Waals surface area contributed by atoms with E-state index < -0.39 is 0 Å². The molecule has 0 aliphatic rings. The Kier molecular flexibility index (Phi) is 4.04. The number of ether oxygens (including phenoxy) is 1. The number of imidazole rings is 1. The fourth-order valence-electron chi connectivity index (χ4n) is 1.69. The summed E-state index contributed by atoms with van der Waals surface area (Å²) in [6.45, 7) is 2.37. The van der Waals surface area contributed by atoms with Crippen molar-refractivity contribution >= 4 is 15.9 Å². The molecule has 0 amide bonds. The number of halogens is 1. The van der Waals surface area contributed by atoms with E-state index in [0.717, 1.165) is 21.6 Å². The van der Waals surface area contributed by atoms with Crippen molar-refractivity contribution in [3.05, 3.63) is 46.5 Å². The predicted molar refractivity (Wildman–Crippen MR) is 74.3 cm³/mol. The number of benzene rings is 1. The van der Waals surface area contributed by atoms with Crippen LogP contribution in [-0.4, -0.2) is 9.55 Å². The third-order valence-electron chi connectivity index (χ3n) is 2.74. The van der Waals surface area contributed by atoms with Crippen molar-refractivity contribution in [3.63, 3.8) is 0 Å². The Labute approximate surface area is 115 Å². The van der Waals surface area contributed by atoms with Crippen LogP contribution in [0.1, 0.15) is 24.4 Å². The number of hydrogen-bond donors (Lipinski definition) is 1. The quantitative estimate of drug-likeness (QED) is 0.945. The van der Waals surface area contributed by atoms with Gasteiger partial charge in [-0.3, -0.25) is 0 Å². The van der Waals surface area contributed by atoms with Gasteiger partial charge in [0.15, 0.2) is 0 Å². The molecule has 0 spiro atoms. The molecule has 0 radical (unpaired) electrons. The van der Waals surface area contributed by atoms with Crippen molar-refractivity contribution in [2.24, 2.45) is 12.8 Å². The van der Waals surface area contributed by atoms with Crippen LogP contribution in [0.4, 0.5) is 0 Å². The van der Waals surface area contributed by atoms with Gasteiger partial charge in [0, 0.05) is 35.5 Å². The van der Waals surface area contributed by atoms with Crippen molar-refractivity contribution in [3.8, 4) is 5.75 Å². The minimum absolute atomic E-state index is 0.0607. The summed E-state index contributed by atoms with van der Waals surface area (Å²) < 4.78 is 8.72. The van der Waals surface area contributed by atoms with Crippen LogP contribution >= 0.6 is 15.9 Å². The standard InChI is InChI=1S/C13H16BrN3O/c1-9(15)11-4-3-10(14)7-12(11)18-8-13-16-5-6-17(13)2/h3-7,9H,8,15H2,1-2H3/t9-/m0/s1. The Balaban J connectivity index is 2.18. The van der Waals surface area contributed by atoms with E-state index in [1.54, 1.807) is 6.20 Å².